The summed E-state index contributed by atoms with van der Waals surface area (Å²) in [6, 6.07) is 0. The van der Waals surface area contributed by atoms with Gasteiger partial charge in [0.15, 0.2) is 5.65 Å². The van der Waals surface area contributed by atoms with E-state index in [1.165, 1.54) is 17.0 Å². The number of hydrogen-bond acceptors (Lipinski definition) is 5. The number of aliphatic carboxylic acids is 1. The molecule has 8 heteroatoms. The van der Waals surface area contributed by atoms with Gasteiger partial charge in [-0.1, -0.05) is 11.3 Å². The Kier molecular flexibility index (Phi) is 2.69. The summed E-state index contributed by atoms with van der Waals surface area (Å²) in [6.07, 6.45) is 3.67. The van der Waals surface area contributed by atoms with Crippen LogP contribution in [0, 0.1) is 0 Å². The van der Waals surface area contributed by atoms with Crippen LogP contribution in [0.25, 0.3) is 11.0 Å². The maximum absolute atomic E-state index is 11.8. The normalized spacial score (nSPS) is 11.4. The van der Waals surface area contributed by atoms with Crippen molar-refractivity contribution in [3.8, 4) is 0 Å². The molecule has 0 unspecified atom stereocenters. The second-order valence-corrected chi connectivity index (χ2v) is 3.32. The zero-order valence-electron chi connectivity index (χ0n) is 8.94. The summed E-state index contributed by atoms with van der Waals surface area (Å²) in [5.41, 5.74) is 0.0478. The molecule has 8 nitrogen and oxygen atoms in total. The summed E-state index contributed by atoms with van der Waals surface area (Å²) in [7, 11) is 1.66. The highest BCUT2D eigenvalue weighted by molar-refractivity contribution is 5.79. The molecule has 0 aliphatic heterocycles. The summed E-state index contributed by atoms with van der Waals surface area (Å²) >= 11 is 0. The Morgan fingerprint density at radius 1 is 1.59 bits per heavy atom. The van der Waals surface area contributed by atoms with Gasteiger partial charge in [0.1, 0.15) is 5.39 Å². The second-order valence-electron chi connectivity index (χ2n) is 3.32. The highest BCUT2D eigenvalue weighted by Gasteiger charge is 2.08. The fourth-order valence-corrected chi connectivity index (χ4v) is 1.35. The number of nitrogens with zero attached hydrogens (tertiary/aromatic N) is 5. The molecule has 0 saturated heterocycles. The number of carboxylic acid groups (broad SMARTS) is 1. The van der Waals surface area contributed by atoms with E-state index in [0.717, 1.165) is 10.8 Å². The molecule has 0 radical (unpaired) electrons. The van der Waals surface area contributed by atoms with Crippen molar-refractivity contribution in [1.29, 1.82) is 0 Å². The summed E-state index contributed by atoms with van der Waals surface area (Å²) < 4.78 is 2.52. The fraction of sp³-hybridized carbons (Fsp3) is 0.222. The lowest BCUT2D eigenvalue weighted by Gasteiger charge is -1.98. The smallest absolute Gasteiger partial charge is 0.328 e. The highest BCUT2D eigenvalue weighted by atomic mass is 16.4. The average molecular weight is 235 g/mol. The van der Waals surface area contributed by atoms with E-state index in [1.807, 2.05) is 0 Å². The quantitative estimate of drug-likeness (QED) is 0.696. The van der Waals surface area contributed by atoms with Crippen molar-refractivity contribution in [2.24, 2.45) is 7.05 Å². The molecule has 0 amide bonds. The standard InChI is InChI=1S/C9H9N5O3/c1-13-8-6(5-10-13)9(17)14(12-11-8)4-2-3-7(15)16/h2-3,5H,4H2,1H3,(H,15,16). The van der Waals surface area contributed by atoms with Crippen LogP contribution in [0.3, 0.4) is 0 Å². The number of aryl methyl sites for hydroxylation is 1. The van der Waals surface area contributed by atoms with Crippen molar-refractivity contribution in [3.63, 3.8) is 0 Å². The molecular formula is C9H9N5O3. The molecule has 2 rings (SSSR count). The molecule has 88 valence electrons. The fourth-order valence-electron chi connectivity index (χ4n) is 1.35. The molecule has 0 saturated carbocycles. The van der Waals surface area contributed by atoms with Crippen molar-refractivity contribution >= 4 is 17.0 Å². The molecule has 0 spiro atoms. The summed E-state index contributed by atoms with van der Waals surface area (Å²) in [4.78, 5) is 22.1. The van der Waals surface area contributed by atoms with Crippen LogP contribution in [-0.2, 0) is 18.4 Å². The van der Waals surface area contributed by atoms with Gasteiger partial charge in [-0.05, 0) is 0 Å². The lowest BCUT2D eigenvalue weighted by molar-refractivity contribution is -0.131. The number of carbonyl (C=O) groups is 1. The molecule has 2 aromatic rings. The van der Waals surface area contributed by atoms with Gasteiger partial charge in [0, 0.05) is 13.1 Å². The first-order valence-electron chi connectivity index (χ1n) is 4.74. The lowest BCUT2D eigenvalue weighted by atomic mass is 10.4. The number of carboxylic acids is 1. The van der Waals surface area contributed by atoms with E-state index in [9.17, 15) is 9.59 Å². The van der Waals surface area contributed by atoms with Crippen molar-refractivity contribution in [1.82, 2.24) is 24.8 Å². The number of rotatable bonds is 3. The largest absolute Gasteiger partial charge is 0.478 e. The third kappa shape index (κ3) is 2.05. The minimum absolute atomic E-state index is 0.0585. The van der Waals surface area contributed by atoms with Crippen LogP contribution >= 0.6 is 0 Å². The van der Waals surface area contributed by atoms with Crippen molar-refractivity contribution in [2.75, 3.05) is 0 Å². The van der Waals surface area contributed by atoms with E-state index < -0.39 is 5.97 Å². The third-order valence-electron chi connectivity index (χ3n) is 2.16. The maximum Gasteiger partial charge on any atom is 0.328 e. The monoisotopic (exact) mass is 235 g/mol. The van der Waals surface area contributed by atoms with Gasteiger partial charge in [-0.2, -0.15) is 5.10 Å². The summed E-state index contributed by atoms with van der Waals surface area (Å²) in [5.74, 6) is -1.08. The molecule has 17 heavy (non-hydrogen) atoms. The Labute approximate surface area is 94.8 Å². The first-order chi connectivity index (χ1) is 8.09. The molecule has 2 aromatic heterocycles. The predicted octanol–water partition coefficient (Wildman–Crippen LogP) is -0.834. The van der Waals surface area contributed by atoms with E-state index >= 15 is 0 Å². The van der Waals surface area contributed by atoms with E-state index in [1.54, 1.807) is 7.05 Å². The van der Waals surface area contributed by atoms with Crippen LogP contribution in [-0.4, -0.2) is 35.9 Å². The second kappa shape index (κ2) is 4.16. The Morgan fingerprint density at radius 3 is 3.06 bits per heavy atom. The first kappa shape index (κ1) is 11.0. The maximum atomic E-state index is 11.8. The molecular weight excluding hydrogens is 226 g/mol. The third-order valence-corrected chi connectivity index (χ3v) is 2.16. The number of allylic oxidation sites excluding steroid dienone is 1. The number of hydrogen-bond donors (Lipinski definition) is 1. The van der Waals surface area contributed by atoms with Crippen LogP contribution in [0.1, 0.15) is 0 Å². The van der Waals surface area contributed by atoms with Gasteiger partial charge >= 0.3 is 5.97 Å². The Hall–Kier alpha value is -2.51. The number of aromatic nitrogens is 5. The van der Waals surface area contributed by atoms with Crippen molar-refractivity contribution < 1.29 is 9.90 Å². The lowest BCUT2D eigenvalue weighted by Crippen LogP contribution is -2.23. The van der Waals surface area contributed by atoms with E-state index in [4.69, 9.17) is 5.11 Å². The van der Waals surface area contributed by atoms with Gasteiger partial charge in [-0.25, -0.2) is 14.2 Å². The molecule has 0 atom stereocenters. The van der Waals surface area contributed by atoms with E-state index in [0.29, 0.717) is 11.0 Å². The van der Waals surface area contributed by atoms with Gasteiger partial charge in [0.05, 0.1) is 12.7 Å². The topological polar surface area (TPSA) is 103 Å². The molecule has 0 aromatic carbocycles. The molecule has 0 fully saturated rings. The summed E-state index contributed by atoms with van der Waals surface area (Å²) in [6.45, 7) is 0.0585. The minimum atomic E-state index is -1.08. The van der Waals surface area contributed by atoms with Crippen LogP contribution in [0.5, 0.6) is 0 Å². The molecule has 0 bridgehead atoms. The van der Waals surface area contributed by atoms with Crippen LogP contribution < -0.4 is 5.56 Å². The van der Waals surface area contributed by atoms with Crippen molar-refractivity contribution in [2.45, 2.75) is 6.54 Å². The number of fused-ring (bicyclic) bond motifs is 1. The Morgan fingerprint density at radius 2 is 2.35 bits per heavy atom. The van der Waals surface area contributed by atoms with Crippen LogP contribution in [0.15, 0.2) is 23.1 Å². The molecule has 1 N–H and O–H groups in total. The van der Waals surface area contributed by atoms with Crippen molar-refractivity contribution in [3.05, 3.63) is 28.7 Å². The predicted molar refractivity (Wildman–Crippen MR) is 57.3 cm³/mol. The van der Waals surface area contributed by atoms with Crippen LogP contribution in [0.2, 0.25) is 0 Å². The Bertz CT molecular complexity index is 654. The van der Waals surface area contributed by atoms with E-state index in [-0.39, 0.29) is 12.1 Å². The SMILES string of the molecule is Cn1ncc2c(=O)n(CC=CC(=O)O)nnc21. The summed E-state index contributed by atoms with van der Waals surface area (Å²) in [5, 5.41) is 20.2. The average Bonchev–Trinajstić information content (AvgIpc) is 2.64. The zero-order valence-corrected chi connectivity index (χ0v) is 8.94. The van der Waals surface area contributed by atoms with Gasteiger partial charge in [-0.3, -0.25) is 4.79 Å². The zero-order chi connectivity index (χ0) is 12.4. The molecule has 0 aliphatic rings. The van der Waals surface area contributed by atoms with Gasteiger partial charge in [-0.15, -0.1) is 5.10 Å². The molecule has 2 heterocycles. The highest BCUT2D eigenvalue weighted by Crippen LogP contribution is 2.01. The molecule has 0 aliphatic carbocycles. The first-order valence-corrected chi connectivity index (χ1v) is 4.74. The van der Waals surface area contributed by atoms with Gasteiger partial charge < -0.3 is 5.11 Å². The van der Waals surface area contributed by atoms with E-state index in [2.05, 4.69) is 15.4 Å². The Balaban J connectivity index is 2.40. The minimum Gasteiger partial charge on any atom is -0.478 e. The van der Waals surface area contributed by atoms with Gasteiger partial charge in [0.25, 0.3) is 5.56 Å². The van der Waals surface area contributed by atoms with Crippen LogP contribution in [0.4, 0.5) is 0 Å². The van der Waals surface area contributed by atoms with Gasteiger partial charge in [0.2, 0.25) is 0 Å².